The fraction of sp³-hybridized carbons (Fsp3) is 0.393. The molecule has 2 aliphatic rings. The second-order valence-electron chi connectivity index (χ2n) is 10.1. The van der Waals surface area contributed by atoms with E-state index in [2.05, 4.69) is 39.9 Å². The van der Waals surface area contributed by atoms with Crippen LogP contribution in [0.15, 0.2) is 55.1 Å². The summed E-state index contributed by atoms with van der Waals surface area (Å²) in [6, 6.07) is 10.7. The molecule has 0 bridgehead atoms. The fourth-order valence-electron chi connectivity index (χ4n) is 5.12. The lowest BCUT2D eigenvalue weighted by atomic mass is 9.91. The van der Waals surface area contributed by atoms with Crippen LogP contribution in [-0.2, 0) is 11.2 Å². The van der Waals surface area contributed by atoms with E-state index >= 15 is 0 Å². The van der Waals surface area contributed by atoms with Crippen LogP contribution in [0.4, 0.5) is 5.69 Å². The highest BCUT2D eigenvalue weighted by molar-refractivity contribution is 5.95. The Kier molecular flexibility index (Phi) is 5.97. The molecule has 1 amide bonds. The lowest BCUT2D eigenvalue weighted by Crippen LogP contribution is -2.55. The Hall–Kier alpha value is -3.65. The number of fused-ring (bicyclic) bond motifs is 1. The van der Waals surface area contributed by atoms with Crippen LogP contribution in [-0.4, -0.2) is 61.0 Å². The number of amides is 1. The van der Waals surface area contributed by atoms with Crippen LogP contribution in [0.3, 0.4) is 0 Å². The number of rotatable bonds is 6. The normalized spacial score (nSPS) is 17.2. The van der Waals surface area contributed by atoms with Gasteiger partial charge < -0.3 is 4.90 Å². The molecule has 0 N–H and O–H groups in total. The van der Waals surface area contributed by atoms with Gasteiger partial charge in [0.1, 0.15) is 5.82 Å². The van der Waals surface area contributed by atoms with E-state index in [1.807, 2.05) is 46.1 Å². The Labute approximate surface area is 211 Å². The molecule has 4 aromatic rings. The van der Waals surface area contributed by atoms with Gasteiger partial charge in [-0.2, -0.15) is 5.10 Å². The summed E-state index contributed by atoms with van der Waals surface area (Å²) < 4.78 is 1.91. The minimum absolute atomic E-state index is 0.162. The second-order valence-corrected chi connectivity index (χ2v) is 10.1. The van der Waals surface area contributed by atoms with Crippen molar-refractivity contribution in [3.05, 3.63) is 72.2 Å². The summed E-state index contributed by atoms with van der Waals surface area (Å²) in [6.07, 6.45) is 11.8. The summed E-state index contributed by atoms with van der Waals surface area (Å²) in [5, 5.41) is 4.46. The third-order valence-electron chi connectivity index (χ3n) is 7.48. The molecule has 5 heterocycles. The minimum Gasteiger partial charge on any atom is -0.308 e. The van der Waals surface area contributed by atoms with Crippen LogP contribution in [0.25, 0.3) is 16.8 Å². The first kappa shape index (κ1) is 22.8. The zero-order chi connectivity index (χ0) is 24.6. The van der Waals surface area contributed by atoms with Crippen LogP contribution < -0.4 is 4.90 Å². The maximum atomic E-state index is 12.8. The molecule has 6 rings (SSSR count). The van der Waals surface area contributed by atoms with Crippen molar-refractivity contribution >= 4 is 17.1 Å². The molecule has 36 heavy (non-hydrogen) atoms. The average molecular weight is 482 g/mol. The van der Waals surface area contributed by atoms with Crippen molar-refractivity contribution in [1.29, 1.82) is 0 Å². The van der Waals surface area contributed by atoms with E-state index in [-0.39, 0.29) is 5.91 Å². The predicted octanol–water partition coefficient (Wildman–Crippen LogP) is 4.10. The van der Waals surface area contributed by atoms with Crippen molar-refractivity contribution in [2.75, 3.05) is 24.5 Å². The number of carbonyl (C=O) groups excluding carboxylic acids is 1. The maximum absolute atomic E-state index is 12.8. The van der Waals surface area contributed by atoms with Crippen LogP contribution in [0.5, 0.6) is 0 Å². The number of aromatic nitrogens is 5. The summed E-state index contributed by atoms with van der Waals surface area (Å²) >= 11 is 0. The van der Waals surface area contributed by atoms with Gasteiger partial charge in [0.2, 0.25) is 5.91 Å². The predicted molar refractivity (Wildman–Crippen MR) is 139 cm³/mol. The van der Waals surface area contributed by atoms with Crippen molar-refractivity contribution in [2.45, 2.75) is 51.5 Å². The topological polar surface area (TPSA) is 79.5 Å². The van der Waals surface area contributed by atoms with E-state index in [1.165, 1.54) is 24.8 Å². The molecule has 0 aromatic carbocycles. The van der Waals surface area contributed by atoms with Gasteiger partial charge in [0.25, 0.3) is 0 Å². The highest BCUT2D eigenvalue weighted by Gasteiger charge is 2.32. The summed E-state index contributed by atoms with van der Waals surface area (Å²) in [5.41, 5.74) is 5.98. The number of carbonyl (C=O) groups is 1. The van der Waals surface area contributed by atoms with Gasteiger partial charge in [-0.25, -0.2) is 14.5 Å². The van der Waals surface area contributed by atoms with E-state index in [0.29, 0.717) is 24.9 Å². The molecular weight excluding hydrogens is 450 g/mol. The van der Waals surface area contributed by atoms with Gasteiger partial charge in [-0.1, -0.05) is 20.3 Å². The Bertz CT molecular complexity index is 1390. The third-order valence-corrected chi connectivity index (χ3v) is 7.48. The molecule has 1 saturated carbocycles. The van der Waals surface area contributed by atoms with Crippen molar-refractivity contribution in [3.63, 3.8) is 0 Å². The highest BCUT2D eigenvalue weighted by atomic mass is 16.2. The Morgan fingerprint density at radius 1 is 1.06 bits per heavy atom. The largest absolute Gasteiger partial charge is 0.308 e. The zero-order valence-electron chi connectivity index (χ0n) is 20.8. The van der Waals surface area contributed by atoms with Crippen molar-refractivity contribution in [3.8, 4) is 11.3 Å². The number of pyridine rings is 2. The van der Waals surface area contributed by atoms with E-state index in [9.17, 15) is 4.79 Å². The van der Waals surface area contributed by atoms with Crippen LogP contribution >= 0.6 is 0 Å². The van der Waals surface area contributed by atoms with Crippen LogP contribution in [0.2, 0.25) is 0 Å². The van der Waals surface area contributed by atoms with Gasteiger partial charge in [0, 0.05) is 48.3 Å². The highest BCUT2D eigenvalue weighted by Crippen LogP contribution is 2.28. The lowest BCUT2D eigenvalue weighted by molar-refractivity contribution is -0.122. The molecule has 1 saturated heterocycles. The number of nitrogens with zero attached hydrogens (tertiary/aromatic N) is 7. The third kappa shape index (κ3) is 4.37. The molecule has 2 fully saturated rings. The van der Waals surface area contributed by atoms with Gasteiger partial charge in [0.05, 0.1) is 42.3 Å². The molecule has 1 aliphatic carbocycles. The monoisotopic (exact) mass is 481 g/mol. The van der Waals surface area contributed by atoms with E-state index in [1.54, 1.807) is 12.4 Å². The summed E-state index contributed by atoms with van der Waals surface area (Å²) in [4.78, 5) is 30.9. The molecule has 0 unspecified atom stereocenters. The number of anilines is 1. The molecule has 0 spiro atoms. The van der Waals surface area contributed by atoms with E-state index in [0.717, 1.165) is 47.1 Å². The smallest absolute Gasteiger partial charge is 0.241 e. The van der Waals surface area contributed by atoms with Gasteiger partial charge in [-0.05, 0) is 49.1 Å². The van der Waals surface area contributed by atoms with Gasteiger partial charge in [-0.15, -0.1) is 0 Å². The molecular formula is C28H31N7O. The zero-order valence-corrected chi connectivity index (χ0v) is 20.8. The maximum Gasteiger partial charge on any atom is 0.241 e. The summed E-state index contributed by atoms with van der Waals surface area (Å²) in [5.74, 6) is 1.28. The quantitative estimate of drug-likeness (QED) is 0.413. The SMILES string of the molecule is CC(C)c1cnn2ccc(-c3ccnc(Cc4ccc(N5CCN(C6CCC6)CC5=O)cn4)n3)cc12. The molecule has 8 heteroatoms. The van der Waals surface area contributed by atoms with Crippen LogP contribution in [0.1, 0.15) is 56.1 Å². The lowest BCUT2D eigenvalue weighted by Gasteiger charge is -2.42. The molecule has 0 atom stereocenters. The van der Waals surface area contributed by atoms with Crippen LogP contribution in [0, 0.1) is 0 Å². The molecule has 184 valence electrons. The van der Waals surface area contributed by atoms with Crippen molar-refractivity contribution in [1.82, 2.24) is 29.5 Å². The van der Waals surface area contributed by atoms with Gasteiger partial charge in [-0.3, -0.25) is 14.7 Å². The number of hydrogen-bond donors (Lipinski definition) is 0. The van der Waals surface area contributed by atoms with Crippen molar-refractivity contribution < 1.29 is 4.79 Å². The first-order valence-corrected chi connectivity index (χ1v) is 12.8. The van der Waals surface area contributed by atoms with E-state index < -0.39 is 0 Å². The molecule has 4 aromatic heterocycles. The molecule has 8 nitrogen and oxygen atoms in total. The average Bonchev–Trinajstić information content (AvgIpc) is 3.28. The number of piperazine rings is 1. The second kappa shape index (κ2) is 9.43. The molecule has 1 aliphatic heterocycles. The number of hydrogen-bond acceptors (Lipinski definition) is 6. The fourth-order valence-corrected chi connectivity index (χ4v) is 5.12. The van der Waals surface area contributed by atoms with Gasteiger partial charge >= 0.3 is 0 Å². The molecule has 0 radical (unpaired) electrons. The minimum atomic E-state index is 0.162. The first-order chi connectivity index (χ1) is 17.5. The first-order valence-electron chi connectivity index (χ1n) is 12.8. The summed E-state index contributed by atoms with van der Waals surface area (Å²) in [7, 11) is 0. The summed E-state index contributed by atoms with van der Waals surface area (Å²) in [6.45, 7) is 6.52. The van der Waals surface area contributed by atoms with Gasteiger partial charge in [0.15, 0.2) is 0 Å². The Morgan fingerprint density at radius 2 is 1.94 bits per heavy atom. The Balaban J connectivity index is 1.16. The van der Waals surface area contributed by atoms with Crippen molar-refractivity contribution in [2.24, 2.45) is 0 Å². The van der Waals surface area contributed by atoms with E-state index in [4.69, 9.17) is 4.98 Å². The Morgan fingerprint density at radius 3 is 2.67 bits per heavy atom. The standard InChI is InChI=1S/C28H31N7O/c1-19(2)24-17-31-35-11-9-20(14-26(24)35)25-8-10-29-27(32-25)15-21-6-7-23(16-30-21)34-13-12-33(18-28(34)36)22-4-3-5-22/h6-11,14,16-17,19,22H,3-5,12-13,15,18H2,1-2H3.